The highest BCUT2D eigenvalue weighted by Crippen LogP contribution is 2.24. The minimum atomic E-state index is -3.72. The smallest absolute Gasteiger partial charge is 0.241 e. The molecule has 9 heteroatoms. The Labute approximate surface area is 189 Å². The number of amides is 1. The number of carbonyl (C=O) groups excluding carboxylic acids is 1. The van der Waals surface area contributed by atoms with Gasteiger partial charge in [0.15, 0.2) is 0 Å². The van der Waals surface area contributed by atoms with Crippen LogP contribution in [0.4, 0.5) is 5.69 Å². The Morgan fingerprint density at radius 3 is 2.26 bits per heavy atom. The van der Waals surface area contributed by atoms with Crippen molar-refractivity contribution in [1.82, 2.24) is 9.62 Å². The molecule has 2 aromatic carbocycles. The molecule has 1 atom stereocenters. The predicted octanol–water partition coefficient (Wildman–Crippen LogP) is 2.59. The highest BCUT2D eigenvalue weighted by molar-refractivity contribution is 7.89. The van der Waals surface area contributed by atoms with E-state index in [-0.39, 0.29) is 29.3 Å². The van der Waals surface area contributed by atoms with Crippen molar-refractivity contribution in [3.8, 4) is 0 Å². The molecule has 2 aliphatic rings. The van der Waals surface area contributed by atoms with Crippen LogP contribution in [0, 0.1) is 0 Å². The van der Waals surface area contributed by atoms with Crippen LogP contribution in [-0.2, 0) is 19.6 Å². The van der Waals surface area contributed by atoms with Crippen molar-refractivity contribution in [2.75, 3.05) is 44.3 Å². The van der Waals surface area contributed by atoms with Gasteiger partial charge in [-0.15, -0.1) is 12.4 Å². The number of rotatable bonds is 7. The van der Waals surface area contributed by atoms with Crippen LogP contribution in [0.5, 0.6) is 0 Å². The van der Waals surface area contributed by atoms with Gasteiger partial charge in [-0.05, 0) is 36.2 Å². The molecule has 2 saturated heterocycles. The standard InChI is InChI=1S/C22H27N3O4S.ClH/c26-22-7-4-12-25(22)19-8-10-20(11-9-19)30(27,28)23-21(18-5-2-1-3-6-18)17-24-13-15-29-16-14-24;/h1-3,5-6,8-11,21,23H,4,7,12-17H2;1H. The van der Waals surface area contributed by atoms with Crippen molar-refractivity contribution in [2.24, 2.45) is 0 Å². The number of carbonyl (C=O) groups is 1. The third-order valence-corrected chi connectivity index (χ3v) is 7.06. The van der Waals surface area contributed by atoms with E-state index >= 15 is 0 Å². The maximum Gasteiger partial charge on any atom is 0.241 e. The molecule has 1 unspecified atom stereocenters. The maximum atomic E-state index is 13.1. The Balaban J connectivity index is 0.00000272. The average molecular weight is 466 g/mol. The number of ether oxygens (including phenoxy) is 1. The van der Waals surface area contributed by atoms with Crippen molar-refractivity contribution in [3.63, 3.8) is 0 Å². The number of nitrogens with zero attached hydrogens (tertiary/aromatic N) is 2. The van der Waals surface area contributed by atoms with Crippen molar-refractivity contribution in [1.29, 1.82) is 0 Å². The van der Waals surface area contributed by atoms with Crippen LogP contribution in [0.1, 0.15) is 24.4 Å². The molecule has 0 bridgehead atoms. The van der Waals surface area contributed by atoms with Gasteiger partial charge in [0.25, 0.3) is 0 Å². The Kier molecular flexibility index (Phi) is 8.07. The van der Waals surface area contributed by atoms with E-state index in [1.54, 1.807) is 29.2 Å². The van der Waals surface area contributed by atoms with E-state index in [1.807, 2.05) is 30.3 Å². The lowest BCUT2D eigenvalue weighted by atomic mass is 10.1. The van der Waals surface area contributed by atoms with Crippen molar-refractivity contribution < 1.29 is 17.9 Å². The van der Waals surface area contributed by atoms with Gasteiger partial charge < -0.3 is 9.64 Å². The normalized spacial score (nSPS) is 18.6. The Bertz CT molecular complexity index is 964. The molecule has 0 aliphatic carbocycles. The minimum absolute atomic E-state index is 0. The summed E-state index contributed by atoms with van der Waals surface area (Å²) < 4.78 is 34.5. The second-order valence-electron chi connectivity index (χ2n) is 7.64. The number of nitrogens with one attached hydrogen (secondary N) is 1. The summed E-state index contributed by atoms with van der Waals surface area (Å²) in [4.78, 5) is 16.0. The lowest BCUT2D eigenvalue weighted by Gasteiger charge is -2.31. The van der Waals surface area contributed by atoms with Gasteiger partial charge in [-0.25, -0.2) is 13.1 Å². The number of sulfonamides is 1. The molecule has 0 radical (unpaired) electrons. The highest BCUT2D eigenvalue weighted by atomic mass is 35.5. The molecule has 0 aromatic heterocycles. The lowest BCUT2D eigenvalue weighted by molar-refractivity contribution is -0.117. The van der Waals surface area contributed by atoms with Gasteiger partial charge in [-0.2, -0.15) is 0 Å². The molecule has 168 valence electrons. The van der Waals surface area contributed by atoms with Crippen LogP contribution in [0.2, 0.25) is 0 Å². The molecule has 1 amide bonds. The summed E-state index contributed by atoms with van der Waals surface area (Å²) in [6.45, 7) is 4.13. The number of hydrogen-bond acceptors (Lipinski definition) is 5. The molecule has 2 aromatic rings. The quantitative estimate of drug-likeness (QED) is 0.680. The first-order valence-corrected chi connectivity index (χ1v) is 11.8. The van der Waals surface area contributed by atoms with E-state index in [1.165, 1.54) is 0 Å². The molecule has 2 fully saturated rings. The van der Waals surface area contributed by atoms with Gasteiger partial charge in [0.05, 0.1) is 24.2 Å². The fourth-order valence-corrected chi connectivity index (χ4v) is 5.14. The van der Waals surface area contributed by atoms with Gasteiger partial charge in [-0.1, -0.05) is 30.3 Å². The Hall–Kier alpha value is -1.97. The Morgan fingerprint density at radius 2 is 1.65 bits per heavy atom. The van der Waals surface area contributed by atoms with Crippen LogP contribution in [0.3, 0.4) is 0 Å². The van der Waals surface area contributed by atoms with E-state index < -0.39 is 10.0 Å². The van der Waals surface area contributed by atoms with Crippen LogP contribution >= 0.6 is 12.4 Å². The van der Waals surface area contributed by atoms with Crippen LogP contribution in [-0.4, -0.2) is 58.6 Å². The van der Waals surface area contributed by atoms with Crippen LogP contribution < -0.4 is 9.62 Å². The lowest BCUT2D eigenvalue weighted by Crippen LogP contribution is -2.43. The molecule has 7 nitrogen and oxygen atoms in total. The molecule has 2 heterocycles. The SMILES string of the molecule is Cl.O=C1CCCN1c1ccc(S(=O)(=O)NC(CN2CCOCC2)c2ccccc2)cc1. The van der Waals surface area contributed by atoms with E-state index in [9.17, 15) is 13.2 Å². The number of halogens is 1. The van der Waals surface area contributed by atoms with Crippen molar-refractivity contribution >= 4 is 34.0 Å². The molecule has 2 aliphatic heterocycles. The van der Waals surface area contributed by atoms with Gasteiger partial charge >= 0.3 is 0 Å². The fraction of sp³-hybridized carbons (Fsp3) is 0.409. The molecule has 0 saturated carbocycles. The monoisotopic (exact) mass is 465 g/mol. The third-order valence-electron chi connectivity index (χ3n) is 5.58. The van der Waals surface area contributed by atoms with E-state index in [4.69, 9.17) is 4.74 Å². The first-order chi connectivity index (χ1) is 14.5. The molecular formula is C22H28ClN3O4S. The maximum absolute atomic E-state index is 13.1. The topological polar surface area (TPSA) is 79.0 Å². The molecule has 31 heavy (non-hydrogen) atoms. The largest absolute Gasteiger partial charge is 0.379 e. The summed E-state index contributed by atoms with van der Waals surface area (Å²) in [7, 11) is -3.72. The third kappa shape index (κ3) is 5.84. The van der Waals surface area contributed by atoms with Gasteiger partial charge in [0, 0.05) is 38.3 Å². The molecular weight excluding hydrogens is 438 g/mol. The second-order valence-corrected chi connectivity index (χ2v) is 9.35. The molecule has 0 spiro atoms. The second kappa shape index (κ2) is 10.6. The number of morpholine rings is 1. The summed E-state index contributed by atoms with van der Waals surface area (Å²) in [5, 5.41) is 0. The van der Waals surface area contributed by atoms with E-state index in [0.717, 1.165) is 30.8 Å². The summed E-state index contributed by atoms with van der Waals surface area (Å²) in [5.74, 6) is 0.0818. The van der Waals surface area contributed by atoms with Crippen LogP contribution in [0.15, 0.2) is 59.5 Å². The van der Waals surface area contributed by atoms with Crippen molar-refractivity contribution in [3.05, 3.63) is 60.2 Å². The fourth-order valence-electron chi connectivity index (χ4n) is 3.92. The average Bonchev–Trinajstić information content (AvgIpc) is 3.20. The molecule has 4 rings (SSSR count). The summed E-state index contributed by atoms with van der Waals surface area (Å²) >= 11 is 0. The summed E-state index contributed by atoms with van der Waals surface area (Å²) in [6, 6.07) is 15.8. The van der Waals surface area contributed by atoms with Gasteiger partial charge in [-0.3, -0.25) is 9.69 Å². The first-order valence-electron chi connectivity index (χ1n) is 10.3. The molecule has 1 N–H and O–H groups in total. The van der Waals surface area contributed by atoms with Gasteiger partial charge in [0.2, 0.25) is 15.9 Å². The van der Waals surface area contributed by atoms with E-state index in [2.05, 4.69) is 9.62 Å². The first kappa shape index (κ1) is 23.7. The highest BCUT2D eigenvalue weighted by Gasteiger charge is 2.26. The zero-order chi connectivity index (χ0) is 21.0. The number of benzene rings is 2. The predicted molar refractivity (Wildman–Crippen MR) is 122 cm³/mol. The zero-order valence-electron chi connectivity index (χ0n) is 17.3. The van der Waals surface area contributed by atoms with Crippen LogP contribution in [0.25, 0.3) is 0 Å². The van der Waals surface area contributed by atoms with E-state index in [0.29, 0.717) is 32.7 Å². The zero-order valence-corrected chi connectivity index (χ0v) is 18.9. The van der Waals surface area contributed by atoms with Gasteiger partial charge in [0.1, 0.15) is 0 Å². The van der Waals surface area contributed by atoms with Crippen molar-refractivity contribution in [2.45, 2.75) is 23.8 Å². The summed E-state index contributed by atoms with van der Waals surface area (Å²) in [5.41, 5.74) is 1.66. The minimum Gasteiger partial charge on any atom is -0.379 e. The summed E-state index contributed by atoms with van der Waals surface area (Å²) in [6.07, 6.45) is 1.38. The Morgan fingerprint density at radius 1 is 0.968 bits per heavy atom. The number of hydrogen-bond donors (Lipinski definition) is 1. The number of anilines is 1.